The van der Waals surface area contributed by atoms with Gasteiger partial charge in [0.1, 0.15) is 54.7 Å². The van der Waals surface area contributed by atoms with Crippen LogP contribution >= 0.6 is 0 Å². The first-order chi connectivity index (χ1) is 45.6. The van der Waals surface area contributed by atoms with E-state index in [-0.39, 0.29) is 202 Å². The summed E-state index contributed by atoms with van der Waals surface area (Å²) in [7, 11) is 0. The molecule has 0 aromatic heterocycles. The van der Waals surface area contributed by atoms with Crippen molar-refractivity contribution in [1.82, 2.24) is 31.9 Å². The van der Waals surface area contributed by atoms with E-state index in [1.165, 1.54) is 20.8 Å². The van der Waals surface area contributed by atoms with Gasteiger partial charge in [-0.3, -0.25) is 28.8 Å². The lowest BCUT2D eigenvalue weighted by Crippen LogP contribution is -2.64. The van der Waals surface area contributed by atoms with E-state index in [0.29, 0.717) is 19.3 Å². The second-order valence-corrected chi connectivity index (χ2v) is 22.5. The number of carbonyl (C=O) groups is 6. The summed E-state index contributed by atoms with van der Waals surface area (Å²) in [6, 6.07) is -3.44. The zero-order valence-corrected chi connectivity index (χ0v) is 55.5. The summed E-state index contributed by atoms with van der Waals surface area (Å²) in [6.07, 6.45) is -12.6. The summed E-state index contributed by atoms with van der Waals surface area (Å²) < 4.78 is 83.2. The minimum atomic E-state index is -1.99. The summed E-state index contributed by atoms with van der Waals surface area (Å²) in [4.78, 5) is 73.8. The highest BCUT2D eigenvalue weighted by molar-refractivity contribution is 5.77. The van der Waals surface area contributed by atoms with Crippen LogP contribution in [0.15, 0.2) is 0 Å². The minimum absolute atomic E-state index is 0.0179. The average Bonchev–Trinajstić information content (AvgIpc) is 0.822. The summed E-state index contributed by atoms with van der Waals surface area (Å²) in [5, 5.41) is 105. The maximum absolute atomic E-state index is 13.0. The van der Waals surface area contributed by atoms with Crippen LogP contribution in [-0.2, 0) is 99.8 Å². The van der Waals surface area contributed by atoms with Gasteiger partial charge in [0, 0.05) is 59.7 Å². The molecule has 2 aliphatic heterocycles. The SMILES string of the molecule is CC(=O)NC(C(O)O)C(OCCOCCOCCOCCNC(=O)CCC(C)(CCC(=O)NCCOCCOCCOCCOC1OC(CO)C(O)C(O)C1NC(C)=O)CCC(=O)NCCOCCOCCOCCOC1OC(CO)C(O)C(O)C1NC(C)=O)OC(C)CO. The number of hydrogen-bond donors (Lipinski definition) is 15. The predicted molar refractivity (Wildman–Crippen MR) is 328 cm³/mol. The van der Waals surface area contributed by atoms with Crippen LogP contribution in [0.5, 0.6) is 0 Å². The molecule has 0 aromatic rings. The Morgan fingerprint density at radius 1 is 0.453 bits per heavy atom. The van der Waals surface area contributed by atoms with E-state index in [2.05, 4.69) is 31.9 Å². The zero-order valence-electron chi connectivity index (χ0n) is 55.5. The van der Waals surface area contributed by atoms with Crippen LogP contribution in [0.4, 0.5) is 0 Å². The monoisotopic (exact) mass is 1380 g/mol. The van der Waals surface area contributed by atoms with Crippen molar-refractivity contribution in [2.24, 2.45) is 5.41 Å². The van der Waals surface area contributed by atoms with Crippen molar-refractivity contribution in [3.05, 3.63) is 0 Å². The van der Waals surface area contributed by atoms with Crippen molar-refractivity contribution >= 4 is 35.4 Å². The Kier molecular flexibility index (Phi) is 48.4. The number of carbonyl (C=O) groups excluding carboxylic acids is 6. The summed E-state index contributed by atoms with van der Waals surface area (Å²) >= 11 is 0. The lowest BCUT2D eigenvalue weighted by atomic mass is 9.77. The molecule has 0 spiro atoms. The molecule has 95 heavy (non-hydrogen) atoms. The van der Waals surface area contributed by atoms with Gasteiger partial charge in [-0.25, -0.2) is 0 Å². The van der Waals surface area contributed by atoms with Gasteiger partial charge in [-0.1, -0.05) is 6.92 Å². The van der Waals surface area contributed by atoms with Gasteiger partial charge in [0.15, 0.2) is 25.2 Å². The van der Waals surface area contributed by atoms with Crippen LogP contribution < -0.4 is 31.9 Å². The van der Waals surface area contributed by atoms with Crippen molar-refractivity contribution in [3.8, 4) is 0 Å². The van der Waals surface area contributed by atoms with Gasteiger partial charge in [0.2, 0.25) is 35.4 Å². The van der Waals surface area contributed by atoms with Crippen molar-refractivity contribution in [2.45, 2.75) is 159 Å². The van der Waals surface area contributed by atoms with Crippen LogP contribution in [0.1, 0.15) is 73.1 Å². The molecule has 36 heteroatoms. The van der Waals surface area contributed by atoms with Gasteiger partial charge in [0.05, 0.1) is 165 Å². The third kappa shape index (κ3) is 39.9. The highest BCUT2D eigenvalue weighted by Crippen LogP contribution is 2.35. The molecule has 0 aliphatic carbocycles. The molecule has 556 valence electrons. The predicted octanol–water partition coefficient (Wildman–Crippen LogP) is -6.69. The molecule has 0 saturated carbocycles. The molecular weight excluding hydrogens is 1270 g/mol. The summed E-state index contributed by atoms with van der Waals surface area (Å²) in [5.41, 5.74) is -0.584. The maximum Gasteiger partial charge on any atom is 0.220 e. The first-order valence-corrected chi connectivity index (χ1v) is 32.1. The smallest absolute Gasteiger partial charge is 0.220 e. The van der Waals surface area contributed by atoms with Gasteiger partial charge in [0.25, 0.3) is 0 Å². The van der Waals surface area contributed by atoms with Crippen LogP contribution in [0, 0.1) is 5.41 Å². The fraction of sp³-hybridized carbons (Fsp3) is 0.898. The summed E-state index contributed by atoms with van der Waals surface area (Å²) in [5.74, 6) is -2.18. The largest absolute Gasteiger partial charge is 0.394 e. The lowest BCUT2D eigenvalue weighted by Gasteiger charge is -2.42. The van der Waals surface area contributed by atoms with Gasteiger partial charge in [-0.05, 0) is 31.6 Å². The van der Waals surface area contributed by atoms with Crippen molar-refractivity contribution in [2.75, 3.05) is 178 Å². The van der Waals surface area contributed by atoms with E-state index in [0.717, 1.165) is 0 Å². The van der Waals surface area contributed by atoms with Gasteiger partial charge in [-0.15, -0.1) is 0 Å². The lowest BCUT2D eigenvalue weighted by molar-refractivity contribution is -0.272. The third-order valence-electron chi connectivity index (χ3n) is 14.4. The molecule has 6 amide bonds. The molecule has 0 bridgehead atoms. The number of ether oxygens (including phenoxy) is 15. The van der Waals surface area contributed by atoms with Crippen LogP contribution in [0.2, 0.25) is 0 Å². The number of aliphatic hydroxyl groups excluding tert-OH is 8. The highest BCUT2D eigenvalue weighted by atomic mass is 16.7. The molecule has 2 fully saturated rings. The molecule has 13 unspecified atom stereocenters. The maximum atomic E-state index is 13.0. The molecule has 0 radical (unpaired) electrons. The highest BCUT2D eigenvalue weighted by Gasteiger charge is 2.47. The van der Waals surface area contributed by atoms with Gasteiger partial charge in [-0.2, -0.15) is 0 Å². The Bertz CT molecular complexity index is 1960. The number of rotatable bonds is 58. The van der Waals surface area contributed by atoms with E-state index < -0.39 is 122 Å². The number of aliphatic hydroxyl groups is 9. The van der Waals surface area contributed by atoms with E-state index in [1.807, 2.05) is 6.92 Å². The second-order valence-electron chi connectivity index (χ2n) is 22.5. The van der Waals surface area contributed by atoms with Crippen LogP contribution in [0.25, 0.3) is 0 Å². The van der Waals surface area contributed by atoms with Crippen molar-refractivity contribution in [1.29, 1.82) is 0 Å². The fourth-order valence-electron chi connectivity index (χ4n) is 9.21. The van der Waals surface area contributed by atoms with Crippen molar-refractivity contribution in [3.63, 3.8) is 0 Å². The first-order valence-electron chi connectivity index (χ1n) is 32.1. The topological polar surface area (TPSA) is 495 Å². The standard InChI is InChI=1S/C59H110N6O30/c1-39(36-66)93-58(50(55(79)80)65-42(4)71)92-35-32-89-29-26-86-23-20-83-17-14-62-47(74)8-11-59(5,9-6-45(72)60-12-15-81-18-21-84-24-27-87-30-33-90-56-48(63-40(2)69)53(77)51(75)43(37-67)94-56)10-7-46(73)61-13-16-82-19-22-85-25-28-88-31-34-91-57-49(64-41(3)70)54(78)52(76)44(38-68)95-57/h39,43-44,48-58,66-68,75-80H,6-38H2,1-5H3,(H,60,72)(H,61,73)(H,62,74)(H,63,69)(H,64,70)(H,65,71). The Morgan fingerprint density at radius 2 is 0.768 bits per heavy atom. The van der Waals surface area contributed by atoms with E-state index in [4.69, 9.17) is 71.1 Å². The molecule has 2 heterocycles. The second kappa shape index (κ2) is 52.9. The zero-order chi connectivity index (χ0) is 70.2. The average molecular weight is 1380 g/mol. The first kappa shape index (κ1) is 86.9. The van der Waals surface area contributed by atoms with Gasteiger partial charge < -0.3 is 149 Å². The van der Waals surface area contributed by atoms with Crippen LogP contribution in [0.3, 0.4) is 0 Å². The fourth-order valence-corrected chi connectivity index (χ4v) is 9.21. The minimum Gasteiger partial charge on any atom is -0.394 e. The molecule has 36 nitrogen and oxygen atoms in total. The molecule has 2 saturated heterocycles. The van der Waals surface area contributed by atoms with Gasteiger partial charge >= 0.3 is 0 Å². The van der Waals surface area contributed by atoms with E-state index in [9.17, 15) is 74.7 Å². The number of amides is 6. The van der Waals surface area contributed by atoms with E-state index >= 15 is 0 Å². The van der Waals surface area contributed by atoms with Crippen molar-refractivity contribution < 1.29 is 146 Å². The number of nitrogens with one attached hydrogen (secondary N) is 6. The number of hydrogen-bond acceptors (Lipinski definition) is 30. The quantitative estimate of drug-likeness (QED) is 0.0199. The Labute approximate surface area is 554 Å². The van der Waals surface area contributed by atoms with E-state index in [1.54, 1.807) is 6.92 Å². The normalized spacial score (nSPS) is 22.9. The Morgan fingerprint density at radius 3 is 1.06 bits per heavy atom. The van der Waals surface area contributed by atoms with Crippen LogP contribution in [-0.4, -0.2) is 346 Å². The molecule has 2 aliphatic rings. The molecular formula is C59H110N6O30. The Balaban J connectivity index is 1.70. The third-order valence-corrected chi connectivity index (χ3v) is 14.4. The molecule has 0 aromatic carbocycles. The molecule has 13 atom stereocenters. The summed E-state index contributed by atoms with van der Waals surface area (Å²) in [6.45, 7) is 10.1. The molecule has 15 N–H and O–H groups in total. The molecule has 2 rings (SSSR count). The Hall–Kier alpha value is -4.14.